The molecule has 2 nitrogen and oxygen atoms in total. The van der Waals surface area contributed by atoms with E-state index in [4.69, 9.17) is 11.2 Å². The summed E-state index contributed by atoms with van der Waals surface area (Å²) in [5, 5.41) is 3.63. The van der Waals surface area contributed by atoms with Gasteiger partial charge in [0.2, 0.25) is 0 Å². The molecule has 0 radical (unpaired) electrons. The van der Waals surface area contributed by atoms with E-state index in [1.807, 2.05) is 0 Å². The molecule has 2 atom stereocenters. The Balaban J connectivity index is 2.21. The number of hydrogen-bond donors (Lipinski definition) is 1. The molecule has 0 amide bonds. The predicted molar refractivity (Wildman–Crippen MR) is 68.3 cm³/mol. The lowest BCUT2D eigenvalue weighted by Crippen LogP contribution is -2.32. The highest BCUT2D eigenvalue weighted by atomic mass is 16.5. The number of terminal acetylenes is 1. The van der Waals surface area contributed by atoms with E-state index in [2.05, 4.69) is 18.2 Å². The van der Waals surface area contributed by atoms with Gasteiger partial charge in [0.05, 0.1) is 0 Å². The molecule has 0 spiro atoms. The highest BCUT2D eigenvalue weighted by Crippen LogP contribution is 2.20. The molecular weight excluding hydrogens is 198 g/mol. The van der Waals surface area contributed by atoms with Crippen molar-refractivity contribution in [3.8, 4) is 12.3 Å². The van der Waals surface area contributed by atoms with Crippen LogP contribution in [-0.2, 0) is 4.74 Å². The minimum absolute atomic E-state index is 0.639. The van der Waals surface area contributed by atoms with Crippen molar-refractivity contribution in [3.05, 3.63) is 0 Å². The molecule has 1 aliphatic rings. The molecule has 1 N–H and O–H groups in total. The first-order valence-electron chi connectivity index (χ1n) is 6.61. The second-order valence-corrected chi connectivity index (χ2v) is 4.71. The molecular formula is C14H25NO. The maximum Gasteiger partial charge on any atom is 0.0495 e. The molecule has 16 heavy (non-hydrogen) atoms. The van der Waals surface area contributed by atoms with Crippen molar-refractivity contribution < 1.29 is 4.74 Å². The summed E-state index contributed by atoms with van der Waals surface area (Å²) in [6.07, 6.45) is 12.2. The molecule has 0 aromatic heterocycles. The minimum atomic E-state index is 0.639. The van der Waals surface area contributed by atoms with Crippen molar-refractivity contribution in [2.75, 3.05) is 19.8 Å². The van der Waals surface area contributed by atoms with Crippen LogP contribution in [0.2, 0.25) is 0 Å². The van der Waals surface area contributed by atoms with Gasteiger partial charge in [-0.15, -0.1) is 12.3 Å². The highest BCUT2D eigenvalue weighted by molar-refractivity contribution is 4.84. The zero-order valence-electron chi connectivity index (χ0n) is 10.5. The lowest BCUT2D eigenvalue weighted by Gasteiger charge is -2.21. The van der Waals surface area contributed by atoms with Crippen molar-refractivity contribution in [1.29, 1.82) is 0 Å². The molecule has 1 fully saturated rings. The Hall–Kier alpha value is -0.520. The first-order chi connectivity index (χ1) is 7.86. The Kier molecular flexibility index (Phi) is 7.29. The van der Waals surface area contributed by atoms with Crippen LogP contribution in [0.1, 0.15) is 45.4 Å². The zero-order valence-corrected chi connectivity index (χ0v) is 10.5. The molecule has 2 heteroatoms. The summed E-state index contributed by atoms with van der Waals surface area (Å²) in [6, 6.07) is 0.639. The molecule has 0 saturated carbocycles. The van der Waals surface area contributed by atoms with E-state index in [0.717, 1.165) is 38.5 Å². The monoisotopic (exact) mass is 223 g/mol. The largest absolute Gasteiger partial charge is 0.381 e. The van der Waals surface area contributed by atoms with Gasteiger partial charge in [0.15, 0.2) is 0 Å². The third-order valence-corrected chi connectivity index (χ3v) is 3.20. The summed E-state index contributed by atoms with van der Waals surface area (Å²) in [4.78, 5) is 0. The minimum Gasteiger partial charge on any atom is -0.381 e. The number of hydrogen-bond acceptors (Lipinski definition) is 2. The van der Waals surface area contributed by atoms with Gasteiger partial charge in [0, 0.05) is 25.7 Å². The van der Waals surface area contributed by atoms with Crippen LogP contribution in [0.4, 0.5) is 0 Å². The van der Waals surface area contributed by atoms with Crippen molar-refractivity contribution in [1.82, 2.24) is 5.32 Å². The van der Waals surface area contributed by atoms with Gasteiger partial charge in [0.1, 0.15) is 0 Å². The molecule has 2 unspecified atom stereocenters. The quantitative estimate of drug-likeness (QED) is 0.504. The second kappa shape index (κ2) is 8.61. The van der Waals surface area contributed by atoms with E-state index in [1.165, 1.54) is 25.7 Å². The Bertz CT molecular complexity index is 203. The molecule has 0 aromatic carbocycles. The Morgan fingerprint density at radius 1 is 1.56 bits per heavy atom. The van der Waals surface area contributed by atoms with Gasteiger partial charge >= 0.3 is 0 Å². The van der Waals surface area contributed by atoms with Gasteiger partial charge in [-0.05, 0) is 44.6 Å². The first-order valence-corrected chi connectivity index (χ1v) is 6.61. The third kappa shape index (κ3) is 5.53. The van der Waals surface area contributed by atoms with Crippen molar-refractivity contribution in [2.24, 2.45) is 5.92 Å². The second-order valence-electron chi connectivity index (χ2n) is 4.71. The van der Waals surface area contributed by atoms with Crippen LogP contribution in [0.3, 0.4) is 0 Å². The van der Waals surface area contributed by atoms with E-state index < -0.39 is 0 Å². The molecule has 1 saturated heterocycles. The summed E-state index contributed by atoms with van der Waals surface area (Å²) in [6.45, 7) is 5.24. The van der Waals surface area contributed by atoms with E-state index in [0.29, 0.717) is 6.04 Å². The van der Waals surface area contributed by atoms with Crippen LogP contribution in [-0.4, -0.2) is 25.8 Å². The van der Waals surface area contributed by atoms with Crippen LogP contribution in [0.25, 0.3) is 0 Å². The molecule has 92 valence electrons. The van der Waals surface area contributed by atoms with Gasteiger partial charge < -0.3 is 10.1 Å². The number of rotatable bonds is 8. The van der Waals surface area contributed by atoms with Crippen LogP contribution in [0, 0.1) is 18.3 Å². The van der Waals surface area contributed by atoms with Crippen LogP contribution < -0.4 is 5.32 Å². The fraction of sp³-hybridized carbons (Fsp3) is 0.857. The van der Waals surface area contributed by atoms with Gasteiger partial charge in [0.25, 0.3) is 0 Å². The summed E-state index contributed by atoms with van der Waals surface area (Å²) in [5.41, 5.74) is 0. The van der Waals surface area contributed by atoms with Crippen LogP contribution in [0.5, 0.6) is 0 Å². The van der Waals surface area contributed by atoms with Gasteiger partial charge in [-0.3, -0.25) is 0 Å². The smallest absolute Gasteiger partial charge is 0.0495 e. The average Bonchev–Trinajstić information content (AvgIpc) is 2.78. The van der Waals surface area contributed by atoms with Crippen LogP contribution >= 0.6 is 0 Å². The molecule has 0 aliphatic carbocycles. The van der Waals surface area contributed by atoms with Crippen molar-refractivity contribution in [2.45, 2.75) is 51.5 Å². The Morgan fingerprint density at radius 3 is 3.06 bits per heavy atom. The summed E-state index contributed by atoms with van der Waals surface area (Å²) < 4.78 is 5.43. The van der Waals surface area contributed by atoms with Gasteiger partial charge in [-0.2, -0.15) is 0 Å². The number of nitrogens with one attached hydrogen (secondary N) is 1. The standard InChI is InChI=1S/C14H25NO/c1-3-5-6-7-14(15-9-4-2)11-13-8-10-16-12-13/h1,13-15H,4-12H2,2H3. The molecule has 0 bridgehead atoms. The predicted octanol–water partition coefficient (Wildman–Crippen LogP) is 2.58. The lowest BCUT2D eigenvalue weighted by atomic mass is 9.95. The molecule has 1 heterocycles. The van der Waals surface area contributed by atoms with E-state index in [9.17, 15) is 0 Å². The van der Waals surface area contributed by atoms with E-state index >= 15 is 0 Å². The molecule has 1 rings (SSSR count). The summed E-state index contributed by atoms with van der Waals surface area (Å²) >= 11 is 0. The third-order valence-electron chi connectivity index (χ3n) is 3.20. The molecule has 1 aliphatic heterocycles. The van der Waals surface area contributed by atoms with Crippen LogP contribution in [0.15, 0.2) is 0 Å². The summed E-state index contributed by atoms with van der Waals surface area (Å²) in [5.74, 6) is 3.48. The number of unbranched alkanes of at least 4 members (excludes halogenated alkanes) is 1. The van der Waals surface area contributed by atoms with E-state index in [1.54, 1.807) is 0 Å². The van der Waals surface area contributed by atoms with Gasteiger partial charge in [-0.25, -0.2) is 0 Å². The van der Waals surface area contributed by atoms with Gasteiger partial charge in [-0.1, -0.05) is 6.92 Å². The maximum atomic E-state index is 5.43. The number of ether oxygens (including phenoxy) is 1. The lowest BCUT2D eigenvalue weighted by molar-refractivity contribution is 0.180. The normalized spacial score (nSPS) is 21.9. The fourth-order valence-electron chi connectivity index (χ4n) is 2.27. The zero-order chi connectivity index (χ0) is 11.6. The first kappa shape index (κ1) is 13.5. The SMILES string of the molecule is C#CCCCC(CC1CCOC1)NCCC. The fourth-order valence-corrected chi connectivity index (χ4v) is 2.27. The van der Waals surface area contributed by atoms with Crippen molar-refractivity contribution >= 4 is 0 Å². The Labute approximate surface area is 100 Å². The highest BCUT2D eigenvalue weighted by Gasteiger charge is 2.19. The summed E-state index contributed by atoms with van der Waals surface area (Å²) in [7, 11) is 0. The Morgan fingerprint density at radius 2 is 2.44 bits per heavy atom. The average molecular weight is 223 g/mol. The van der Waals surface area contributed by atoms with Crippen molar-refractivity contribution in [3.63, 3.8) is 0 Å². The maximum absolute atomic E-state index is 5.43. The van der Waals surface area contributed by atoms with E-state index in [-0.39, 0.29) is 0 Å². The topological polar surface area (TPSA) is 21.3 Å². The molecule has 0 aromatic rings.